The van der Waals surface area contributed by atoms with Crippen molar-refractivity contribution in [3.8, 4) is 0 Å². The first-order chi connectivity index (χ1) is 9.60. The molecule has 1 fully saturated rings. The molecule has 4 N–H and O–H groups in total. The number of hydrogen-bond donors (Lipinski definition) is 3. The Morgan fingerprint density at radius 2 is 2.20 bits per heavy atom. The molecule has 0 bridgehead atoms. The molecule has 1 aliphatic rings. The van der Waals surface area contributed by atoms with Crippen LogP contribution in [0.5, 0.6) is 0 Å². The maximum Gasteiger partial charge on any atom is 0.241 e. The van der Waals surface area contributed by atoms with E-state index < -0.39 is 0 Å². The molecule has 2 rings (SSSR count). The molecule has 0 radical (unpaired) electrons. The third-order valence-corrected chi connectivity index (χ3v) is 3.64. The molecule has 1 aliphatic carbocycles. The number of nitrogens with zero attached hydrogens (tertiary/aromatic N) is 2. The summed E-state index contributed by atoms with van der Waals surface area (Å²) in [6, 6.07) is -0.0651. The van der Waals surface area contributed by atoms with Gasteiger partial charge in [-0.15, -0.1) is 0 Å². The number of rotatable bonds is 4. The number of nitrogens with one attached hydrogen (secondary N) is 2. The SMILES string of the molecule is CNC(=O)Cn1cc(NC(=O)C2CCCCC2N)cn1. The Kier molecular flexibility index (Phi) is 4.73. The molecule has 2 unspecified atom stereocenters. The lowest BCUT2D eigenvalue weighted by molar-refractivity contribution is -0.122. The normalized spacial score (nSPS) is 22.3. The molecule has 2 amide bonds. The van der Waals surface area contributed by atoms with Crippen LogP contribution in [0.3, 0.4) is 0 Å². The lowest BCUT2D eigenvalue weighted by Crippen LogP contribution is -2.40. The van der Waals surface area contributed by atoms with Crippen LogP contribution in [0.1, 0.15) is 25.7 Å². The molecule has 1 heterocycles. The molecular weight excluding hydrogens is 258 g/mol. The summed E-state index contributed by atoms with van der Waals surface area (Å²) in [5.41, 5.74) is 6.58. The number of nitrogens with two attached hydrogens (primary N) is 1. The Hall–Kier alpha value is -1.89. The summed E-state index contributed by atoms with van der Waals surface area (Å²) in [7, 11) is 1.57. The number of carbonyl (C=O) groups excluding carboxylic acids is 2. The highest BCUT2D eigenvalue weighted by Crippen LogP contribution is 2.24. The fraction of sp³-hybridized carbons (Fsp3) is 0.615. The monoisotopic (exact) mass is 279 g/mol. The predicted octanol–water partition coefficient (Wildman–Crippen LogP) is 0.0851. The molecule has 0 aliphatic heterocycles. The smallest absolute Gasteiger partial charge is 0.241 e. The van der Waals surface area contributed by atoms with E-state index in [1.165, 1.54) is 10.9 Å². The maximum atomic E-state index is 12.2. The molecule has 2 atom stereocenters. The second kappa shape index (κ2) is 6.51. The molecular formula is C13H21N5O2. The molecule has 1 aromatic rings. The minimum Gasteiger partial charge on any atom is -0.358 e. The van der Waals surface area contributed by atoms with Gasteiger partial charge in [0, 0.05) is 19.3 Å². The van der Waals surface area contributed by atoms with Gasteiger partial charge in [-0.1, -0.05) is 12.8 Å². The van der Waals surface area contributed by atoms with Gasteiger partial charge in [-0.25, -0.2) is 0 Å². The fourth-order valence-corrected chi connectivity index (χ4v) is 2.46. The van der Waals surface area contributed by atoms with Crippen LogP contribution in [0.25, 0.3) is 0 Å². The van der Waals surface area contributed by atoms with Crippen LogP contribution in [-0.2, 0) is 16.1 Å². The molecule has 1 aromatic heterocycles. The molecule has 0 spiro atoms. The van der Waals surface area contributed by atoms with Crippen molar-refractivity contribution in [3.63, 3.8) is 0 Å². The van der Waals surface area contributed by atoms with Crippen LogP contribution >= 0.6 is 0 Å². The van der Waals surface area contributed by atoms with Gasteiger partial charge < -0.3 is 16.4 Å². The van der Waals surface area contributed by atoms with E-state index in [0.717, 1.165) is 25.7 Å². The number of aromatic nitrogens is 2. The fourth-order valence-electron chi connectivity index (χ4n) is 2.46. The number of hydrogen-bond acceptors (Lipinski definition) is 4. The van der Waals surface area contributed by atoms with E-state index in [-0.39, 0.29) is 30.3 Å². The van der Waals surface area contributed by atoms with Crippen molar-refractivity contribution >= 4 is 17.5 Å². The molecule has 0 saturated heterocycles. The van der Waals surface area contributed by atoms with Crippen molar-refractivity contribution in [3.05, 3.63) is 12.4 Å². The van der Waals surface area contributed by atoms with Gasteiger partial charge in [0.15, 0.2) is 0 Å². The highest BCUT2D eigenvalue weighted by Gasteiger charge is 2.28. The van der Waals surface area contributed by atoms with Gasteiger partial charge in [-0.2, -0.15) is 5.10 Å². The summed E-state index contributed by atoms with van der Waals surface area (Å²) in [5.74, 6) is -0.331. The van der Waals surface area contributed by atoms with E-state index in [4.69, 9.17) is 5.73 Å². The Bertz CT molecular complexity index is 485. The second-order valence-electron chi connectivity index (χ2n) is 5.14. The summed E-state index contributed by atoms with van der Waals surface area (Å²) < 4.78 is 1.48. The first-order valence-corrected chi connectivity index (χ1v) is 6.89. The largest absolute Gasteiger partial charge is 0.358 e. The van der Waals surface area contributed by atoms with Crippen LogP contribution in [0.4, 0.5) is 5.69 Å². The van der Waals surface area contributed by atoms with Gasteiger partial charge >= 0.3 is 0 Å². The standard InChI is InChI=1S/C13H21N5O2/c1-15-12(19)8-18-7-9(6-16-18)17-13(20)10-4-2-3-5-11(10)14/h6-7,10-11H,2-5,8,14H2,1H3,(H,15,19)(H,17,20). The van der Waals surface area contributed by atoms with E-state index in [9.17, 15) is 9.59 Å². The minimum atomic E-state index is -0.139. The quantitative estimate of drug-likeness (QED) is 0.726. The summed E-state index contributed by atoms with van der Waals surface area (Å²) in [5, 5.41) is 9.37. The van der Waals surface area contributed by atoms with Crippen LogP contribution in [0, 0.1) is 5.92 Å². The molecule has 20 heavy (non-hydrogen) atoms. The maximum absolute atomic E-state index is 12.2. The summed E-state index contributed by atoms with van der Waals surface area (Å²) in [4.78, 5) is 23.4. The Morgan fingerprint density at radius 1 is 1.45 bits per heavy atom. The summed E-state index contributed by atoms with van der Waals surface area (Å²) in [6.07, 6.45) is 7.04. The second-order valence-corrected chi connectivity index (χ2v) is 5.14. The lowest BCUT2D eigenvalue weighted by Gasteiger charge is -2.27. The zero-order valence-electron chi connectivity index (χ0n) is 11.6. The van der Waals surface area contributed by atoms with Crippen molar-refractivity contribution in [2.75, 3.05) is 12.4 Å². The van der Waals surface area contributed by atoms with Gasteiger partial charge in [-0.3, -0.25) is 14.3 Å². The number of likely N-dealkylation sites (N-methyl/N-ethyl adjacent to an activating group) is 1. The molecule has 7 nitrogen and oxygen atoms in total. The van der Waals surface area contributed by atoms with Gasteiger partial charge in [0.2, 0.25) is 11.8 Å². The van der Waals surface area contributed by atoms with Gasteiger partial charge in [0.1, 0.15) is 6.54 Å². The number of amides is 2. The van der Waals surface area contributed by atoms with Crippen molar-refractivity contribution in [1.29, 1.82) is 0 Å². The van der Waals surface area contributed by atoms with E-state index in [1.807, 2.05) is 0 Å². The summed E-state index contributed by atoms with van der Waals surface area (Å²) in [6.45, 7) is 0.134. The number of anilines is 1. The van der Waals surface area contributed by atoms with Crippen molar-refractivity contribution in [1.82, 2.24) is 15.1 Å². The molecule has 1 saturated carbocycles. The predicted molar refractivity (Wildman–Crippen MR) is 74.9 cm³/mol. The molecule has 7 heteroatoms. The first-order valence-electron chi connectivity index (χ1n) is 6.89. The minimum absolute atomic E-state index is 0.0586. The third kappa shape index (κ3) is 3.57. The Morgan fingerprint density at radius 3 is 2.90 bits per heavy atom. The topological polar surface area (TPSA) is 102 Å². The van der Waals surface area contributed by atoms with Gasteiger partial charge in [0.05, 0.1) is 17.8 Å². The van der Waals surface area contributed by atoms with E-state index in [0.29, 0.717) is 5.69 Å². The third-order valence-electron chi connectivity index (χ3n) is 3.64. The van der Waals surface area contributed by atoms with Gasteiger partial charge in [-0.05, 0) is 12.8 Å². The Labute approximate surface area is 117 Å². The highest BCUT2D eigenvalue weighted by molar-refractivity contribution is 5.92. The van der Waals surface area contributed by atoms with E-state index >= 15 is 0 Å². The zero-order valence-corrected chi connectivity index (χ0v) is 11.6. The van der Waals surface area contributed by atoms with Crippen LogP contribution in [-0.4, -0.2) is 34.7 Å². The van der Waals surface area contributed by atoms with Crippen LogP contribution < -0.4 is 16.4 Å². The van der Waals surface area contributed by atoms with E-state index in [1.54, 1.807) is 13.2 Å². The van der Waals surface area contributed by atoms with Crippen molar-refractivity contribution in [2.24, 2.45) is 11.7 Å². The highest BCUT2D eigenvalue weighted by atomic mass is 16.2. The lowest BCUT2D eigenvalue weighted by atomic mass is 9.84. The van der Waals surface area contributed by atoms with Crippen molar-refractivity contribution < 1.29 is 9.59 Å². The number of carbonyl (C=O) groups is 2. The average molecular weight is 279 g/mol. The van der Waals surface area contributed by atoms with Gasteiger partial charge in [0.25, 0.3) is 0 Å². The van der Waals surface area contributed by atoms with Crippen molar-refractivity contribution in [2.45, 2.75) is 38.3 Å². The summed E-state index contributed by atoms with van der Waals surface area (Å²) >= 11 is 0. The average Bonchev–Trinajstić information content (AvgIpc) is 2.86. The van der Waals surface area contributed by atoms with Crippen LogP contribution in [0.15, 0.2) is 12.4 Å². The first kappa shape index (κ1) is 14.5. The zero-order chi connectivity index (χ0) is 14.5. The molecule has 110 valence electrons. The van der Waals surface area contributed by atoms with Crippen LogP contribution in [0.2, 0.25) is 0 Å². The molecule has 0 aromatic carbocycles. The van der Waals surface area contributed by atoms with E-state index in [2.05, 4.69) is 15.7 Å². The Balaban J connectivity index is 1.92.